The van der Waals surface area contributed by atoms with Gasteiger partial charge >= 0.3 is 0 Å². The second-order valence-electron chi connectivity index (χ2n) is 9.06. The molecule has 2 aliphatic heterocycles. The average Bonchev–Trinajstić information content (AvgIpc) is 3.25. The summed E-state index contributed by atoms with van der Waals surface area (Å²) in [6.07, 6.45) is -0.709. The van der Waals surface area contributed by atoms with Crippen LogP contribution in [0.3, 0.4) is 0 Å². The summed E-state index contributed by atoms with van der Waals surface area (Å²) in [5.74, 6) is -1.02. The largest absolute Gasteiger partial charge is 0.390 e. The van der Waals surface area contributed by atoms with Gasteiger partial charge in [0, 0.05) is 35.3 Å². The number of hydrogen-bond acceptors (Lipinski definition) is 7. The first kappa shape index (κ1) is 22.2. The van der Waals surface area contributed by atoms with Gasteiger partial charge in [0.15, 0.2) is 5.17 Å². The maximum atomic E-state index is 13.4. The molecule has 5 unspecified atom stereocenters. The van der Waals surface area contributed by atoms with Gasteiger partial charge in [-0.05, 0) is 30.7 Å². The number of nitrogens with two attached hydrogens (primary N) is 1. The highest BCUT2D eigenvalue weighted by atomic mass is 32.2. The van der Waals surface area contributed by atoms with E-state index >= 15 is 0 Å². The van der Waals surface area contributed by atoms with Crippen molar-refractivity contribution in [1.82, 2.24) is 4.90 Å². The van der Waals surface area contributed by atoms with E-state index in [4.69, 9.17) is 5.73 Å². The normalized spacial score (nSPS) is 30.1. The molecule has 5 atom stereocenters. The Balaban J connectivity index is 1.33. The van der Waals surface area contributed by atoms with Gasteiger partial charge in [-0.1, -0.05) is 48.2 Å². The number of benzene rings is 2. The number of carbonyl (C=O) groups excluding carboxylic acids is 2. The second kappa shape index (κ2) is 8.96. The minimum atomic E-state index is -1.01. The average molecular weight is 469 g/mol. The summed E-state index contributed by atoms with van der Waals surface area (Å²) in [5, 5.41) is 27.0. The molecule has 0 spiro atoms. The molecule has 5 N–H and O–H groups in total. The van der Waals surface area contributed by atoms with Gasteiger partial charge in [-0.2, -0.15) is 0 Å². The molecule has 33 heavy (non-hydrogen) atoms. The minimum Gasteiger partial charge on any atom is -0.390 e. The lowest BCUT2D eigenvalue weighted by Crippen LogP contribution is -2.55. The summed E-state index contributed by atoms with van der Waals surface area (Å²) in [5.41, 5.74) is 6.33. The quantitative estimate of drug-likeness (QED) is 0.541. The highest BCUT2D eigenvalue weighted by Gasteiger charge is 2.51. The maximum Gasteiger partial charge on any atom is 0.227 e. The van der Waals surface area contributed by atoms with Crippen molar-refractivity contribution >= 4 is 45.2 Å². The van der Waals surface area contributed by atoms with Crippen molar-refractivity contribution in [2.45, 2.75) is 42.8 Å². The molecule has 2 heterocycles. The maximum absolute atomic E-state index is 13.4. The Hall–Kier alpha value is -2.62. The van der Waals surface area contributed by atoms with Crippen molar-refractivity contribution < 1.29 is 19.8 Å². The number of hydrogen-bond donors (Lipinski definition) is 4. The Morgan fingerprint density at radius 2 is 1.82 bits per heavy atom. The number of amides is 2. The first-order valence-electron chi connectivity index (χ1n) is 11.4. The van der Waals surface area contributed by atoms with Crippen LogP contribution in [0.2, 0.25) is 0 Å². The van der Waals surface area contributed by atoms with Crippen LogP contribution < -0.4 is 11.1 Å². The molecule has 2 aromatic carbocycles. The summed E-state index contributed by atoms with van der Waals surface area (Å²) in [7, 11) is 0. The van der Waals surface area contributed by atoms with E-state index in [0.29, 0.717) is 31.1 Å². The molecular weight excluding hydrogens is 440 g/mol. The molecule has 0 radical (unpaired) electrons. The summed E-state index contributed by atoms with van der Waals surface area (Å²) >= 11 is 1.46. The fourth-order valence-corrected chi connectivity index (χ4v) is 6.52. The van der Waals surface area contributed by atoms with E-state index in [2.05, 4.69) is 10.3 Å². The molecule has 9 heteroatoms. The summed E-state index contributed by atoms with van der Waals surface area (Å²) < 4.78 is 0. The van der Waals surface area contributed by atoms with E-state index in [1.165, 1.54) is 11.8 Å². The van der Waals surface area contributed by atoms with E-state index in [1.54, 1.807) is 4.90 Å². The predicted molar refractivity (Wildman–Crippen MR) is 129 cm³/mol. The number of carbonyl (C=O) groups is 2. The Morgan fingerprint density at radius 3 is 2.58 bits per heavy atom. The molecule has 174 valence electrons. The minimum absolute atomic E-state index is 0.0482. The van der Waals surface area contributed by atoms with Gasteiger partial charge in [0.2, 0.25) is 11.8 Å². The summed E-state index contributed by atoms with van der Waals surface area (Å²) in [6, 6.07) is 13.5. The van der Waals surface area contributed by atoms with E-state index in [0.717, 1.165) is 16.5 Å². The Bertz CT molecular complexity index is 1100. The van der Waals surface area contributed by atoms with Gasteiger partial charge in [-0.3, -0.25) is 14.6 Å². The third-order valence-electron chi connectivity index (χ3n) is 7.04. The van der Waals surface area contributed by atoms with Crippen LogP contribution in [0.4, 0.5) is 5.69 Å². The molecule has 3 aliphatic rings. The van der Waals surface area contributed by atoms with E-state index in [9.17, 15) is 19.8 Å². The van der Waals surface area contributed by atoms with Crippen LogP contribution in [0.15, 0.2) is 47.5 Å². The molecule has 8 nitrogen and oxygen atoms in total. The molecule has 2 amide bonds. The summed E-state index contributed by atoms with van der Waals surface area (Å²) in [4.78, 5) is 31.3. The van der Waals surface area contributed by atoms with Crippen molar-refractivity contribution in [1.29, 1.82) is 0 Å². The van der Waals surface area contributed by atoms with Crippen LogP contribution in [0, 0.1) is 11.8 Å². The number of piperidine rings is 1. The number of thioether (sulfide) groups is 1. The first-order valence-corrected chi connectivity index (χ1v) is 12.2. The van der Waals surface area contributed by atoms with Gasteiger partial charge in [0.1, 0.15) is 6.10 Å². The van der Waals surface area contributed by atoms with Gasteiger partial charge in [0.25, 0.3) is 0 Å². The number of aliphatic hydroxyl groups is 2. The van der Waals surface area contributed by atoms with Crippen LogP contribution in [-0.2, 0) is 9.59 Å². The van der Waals surface area contributed by atoms with Crippen molar-refractivity contribution in [2.24, 2.45) is 22.6 Å². The predicted octanol–water partition coefficient (Wildman–Crippen LogP) is 1.56. The van der Waals surface area contributed by atoms with E-state index in [-0.39, 0.29) is 29.4 Å². The van der Waals surface area contributed by atoms with Crippen molar-refractivity contribution in [2.75, 3.05) is 18.4 Å². The Kier molecular flexibility index (Phi) is 6.03. The zero-order valence-corrected chi connectivity index (χ0v) is 18.9. The van der Waals surface area contributed by atoms with Crippen LogP contribution in [0.5, 0.6) is 0 Å². The lowest BCUT2D eigenvalue weighted by Gasteiger charge is -2.40. The molecule has 1 saturated heterocycles. The van der Waals surface area contributed by atoms with Crippen molar-refractivity contribution in [3.8, 4) is 0 Å². The zero-order valence-electron chi connectivity index (χ0n) is 18.1. The first-order chi connectivity index (χ1) is 15.9. The van der Waals surface area contributed by atoms with Crippen LogP contribution in [-0.4, -0.2) is 68.7 Å². The third-order valence-corrected chi connectivity index (χ3v) is 8.35. The number of aliphatic hydroxyl groups excluding tert-OH is 2. The molecule has 5 rings (SSSR count). The molecular formula is C24H28N4O4S. The fourth-order valence-electron chi connectivity index (χ4n) is 5.16. The number of primary amides is 1. The fraction of sp³-hybridized carbons (Fsp3) is 0.458. The summed E-state index contributed by atoms with van der Waals surface area (Å²) in [6.45, 7) is 0.956. The van der Waals surface area contributed by atoms with E-state index in [1.807, 2.05) is 42.5 Å². The smallest absolute Gasteiger partial charge is 0.227 e. The van der Waals surface area contributed by atoms with Gasteiger partial charge < -0.3 is 26.2 Å². The highest BCUT2D eigenvalue weighted by molar-refractivity contribution is 8.15. The lowest BCUT2D eigenvalue weighted by molar-refractivity contribution is -0.142. The lowest BCUT2D eigenvalue weighted by atomic mass is 9.80. The second-order valence-corrected chi connectivity index (χ2v) is 10.2. The third kappa shape index (κ3) is 4.20. The number of nitrogens with zero attached hydrogens (tertiary/aromatic N) is 2. The molecule has 0 bridgehead atoms. The number of aliphatic imine (C=N–C) groups is 1. The molecule has 1 saturated carbocycles. The molecule has 2 fully saturated rings. The molecule has 2 aromatic rings. The number of nitrogens with one attached hydrogen (secondary N) is 1. The van der Waals surface area contributed by atoms with Crippen LogP contribution in [0.1, 0.15) is 19.3 Å². The number of anilines is 1. The Morgan fingerprint density at radius 1 is 1.09 bits per heavy atom. The zero-order chi connectivity index (χ0) is 23.1. The van der Waals surface area contributed by atoms with Gasteiger partial charge in [-0.25, -0.2) is 0 Å². The highest BCUT2D eigenvalue weighted by Crippen LogP contribution is 2.42. The SMILES string of the molecule is NC(=O)C1CCN(C(=O)C2CC(O)C(O)C3N=C(Nc4cccc5ccccc45)SC23)CC1. The molecule has 1 aliphatic carbocycles. The monoisotopic (exact) mass is 468 g/mol. The number of rotatable bonds is 3. The van der Waals surface area contributed by atoms with Crippen molar-refractivity contribution in [3.63, 3.8) is 0 Å². The number of fused-ring (bicyclic) bond motifs is 2. The number of amidine groups is 1. The molecule has 0 aromatic heterocycles. The topological polar surface area (TPSA) is 128 Å². The Labute approximate surface area is 196 Å². The van der Waals surface area contributed by atoms with Crippen LogP contribution in [0.25, 0.3) is 10.8 Å². The van der Waals surface area contributed by atoms with Gasteiger partial charge in [-0.15, -0.1) is 0 Å². The van der Waals surface area contributed by atoms with Gasteiger partial charge in [0.05, 0.1) is 18.1 Å². The number of likely N-dealkylation sites (tertiary alicyclic amines) is 1. The van der Waals surface area contributed by atoms with Crippen molar-refractivity contribution in [3.05, 3.63) is 42.5 Å². The van der Waals surface area contributed by atoms with E-state index < -0.39 is 24.2 Å². The van der Waals surface area contributed by atoms with Crippen LogP contribution >= 0.6 is 11.8 Å². The standard InChI is InChI=1S/C24H28N4O4S/c25-22(31)14-8-10-28(11-9-14)23(32)16-12-18(29)20(30)19-21(16)33-24(27-19)26-17-7-3-5-13-4-1-2-6-15(13)17/h1-7,14,16,18-21,29-30H,8-12H2,(H2,25,31)(H,26,27).